The van der Waals surface area contributed by atoms with Gasteiger partial charge in [-0.25, -0.2) is 9.59 Å². The Morgan fingerprint density at radius 2 is 0.893 bits per heavy atom. The van der Waals surface area contributed by atoms with Gasteiger partial charge in [-0.15, -0.1) is 0 Å². The van der Waals surface area contributed by atoms with Gasteiger partial charge in [-0.2, -0.15) is 29.9 Å². The maximum atomic E-state index is 12.1. The van der Waals surface area contributed by atoms with Gasteiger partial charge in [0.25, 0.3) is 0 Å². The SMILES string of the molecule is C=C(C)C(=O)OCCNc1nc(Nc2ccccc2)nc(Nc2cccc(Nc3nc(Nc4ccccc4)nc(Nc4cccc(OC(=O)C(=C)C)c4)n3)c2)n1. The summed E-state index contributed by atoms with van der Waals surface area (Å²) < 4.78 is 10.6. The van der Waals surface area contributed by atoms with Crippen LogP contribution in [0.15, 0.2) is 133 Å². The molecule has 0 radical (unpaired) electrons. The van der Waals surface area contributed by atoms with Gasteiger partial charge in [-0.3, -0.25) is 0 Å². The van der Waals surface area contributed by atoms with Crippen LogP contribution in [0.4, 0.5) is 64.1 Å². The van der Waals surface area contributed by atoms with Crippen molar-refractivity contribution in [2.24, 2.45) is 0 Å². The molecule has 0 saturated carbocycles. The van der Waals surface area contributed by atoms with Crippen LogP contribution in [-0.4, -0.2) is 55.0 Å². The quantitative estimate of drug-likeness (QED) is 0.0228. The molecule has 16 heteroatoms. The Morgan fingerprint density at radius 1 is 0.500 bits per heavy atom. The normalized spacial score (nSPS) is 10.4. The van der Waals surface area contributed by atoms with Crippen LogP contribution in [0.3, 0.4) is 0 Å². The van der Waals surface area contributed by atoms with Crippen molar-refractivity contribution in [1.82, 2.24) is 29.9 Å². The lowest BCUT2D eigenvalue weighted by Crippen LogP contribution is -2.16. The van der Waals surface area contributed by atoms with Gasteiger partial charge in [0.2, 0.25) is 35.7 Å². The summed E-state index contributed by atoms with van der Waals surface area (Å²) in [6.07, 6.45) is 0. The van der Waals surface area contributed by atoms with E-state index in [2.05, 4.69) is 75.0 Å². The molecule has 0 aliphatic rings. The smallest absolute Gasteiger partial charge is 0.338 e. The molecule has 2 heterocycles. The van der Waals surface area contributed by atoms with Crippen molar-refractivity contribution in [3.8, 4) is 5.75 Å². The number of para-hydroxylation sites is 2. The molecule has 0 unspecified atom stereocenters. The van der Waals surface area contributed by atoms with Crippen LogP contribution >= 0.6 is 0 Å². The third-order valence-electron chi connectivity index (χ3n) is 7.32. The molecule has 6 N–H and O–H groups in total. The molecule has 0 saturated heterocycles. The van der Waals surface area contributed by atoms with Gasteiger partial charge >= 0.3 is 11.9 Å². The number of hydrogen-bond acceptors (Lipinski definition) is 16. The monoisotopic (exact) mass is 750 g/mol. The number of carbonyl (C=O) groups excluding carboxylic acids is 2. The first-order valence-electron chi connectivity index (χ1n) is 17.3. The van der Waals surface area contributed by atoms with Crippen molar-refractivity contribution in [2.45, 2.75) is 13.8 Å². The molecular formula is C40H38N12O4. The molecule has 6 rings (SSSR count). The van der Waals surface area contributed by atoms with E-state index in [1.807, 2.05) is 84.9 Å². The lowest BCUT2D eigenvalue weighted by atomic mass is 10.3. The summed E-state index contributed by atoms with van der Waals surface area (Å²) in [7, 11) is 0. The summed E-state index contributed by atoms with van der Waals surface area (Å²) >= 11 is 0. The highest BCUT2D eigenvalue weighted by atomic mass is 16.5. The summed E-state index contributed by atoms with van der Waals surface area (Å²) in [5, 5.41) is 19.1. The van der Waals surface area contributed by atoms with Crippen molar-refractivity contribution < 1.29 is 19.1 Å². The fourth-order valence-corrected chi connectivity index (χ4v) is 4.73. The van der Waals surface area contributed by atoms with E-state index in [-0.39, 0.29) is 54.4 Å². The van der Waals surface area contributed by atoms with Crippen LogP contribution in [0.5, 0.6) is 5.75 Å². The second kappa shape index (κ2) is 18.2. The van der Waals surface area contributed by atoms with E-state index >= 15 is 0 Å². The number of carbonyl (C=O) groups is 2. The van der Waals surface area contributed by atoms with E-state index in [0.717, 1.165) is 11.4 Å². The molecule has 2 aromatic heterocycles. The summed E-state index contributed by atoms with van der Waals surface area (Å²) in [6.45, 7) is 10.7. The van der Waals surface area contributed by atoms with E-state index in [9.17, 15) is 9.59 Å². The minimum Gasteiger partial charge on any atom is -0.460 e. The van der Waals surface area contributed by atoms with Crippen molar-refractivity contribution in [2.75, 3.05) is 45.1 Å². The number of benzene rings is 4. The Kier molecular flexibility index (Phi) is 12.3. The third kappa shape index (κ3) is 11.3. The number of nitrogens with zero attached hydrogens (tertiary/aromatic N) is 6. The largest absolute Gasteiger partial charge is 0.460 e. The molecule has 0 amide bonds. The zero-order valence-corrected chi connectivity index (χ0v) is 30.5. The minimum absolute atomic E-state index is 0.0868. The first kappa shape index (κ1) is 37.9. The van der Waals surface area contributed by atoms with Gasteiger partial charge in [0.15, 0.2) is 0 Å². The molecule has 0 bridgehead atoms. The summed E-state index contributed by atoms with van der Waals surface area (Å²) in [6, 6.07) is 33.1. The van der Waals surface area contributed by atoms with Crippen LogP contribution < -0.4 is 36.6 Å². The topological polar surface area (TPSA) is 202 Å². The highest BCUT2D eigenvalue weighted by Gasteiger charge is 2.13. The molecule has 0 spiro atoms. The van der Waals surface area contributed by atoms with Crippen LogP contribution in [0.25, 0.3) is 0 Å². The van der Waals surface area contributed by atoms with Crippen LogP contribution in [0, 0.1) is 0 Å². The molecule has 0 fully saturated rings. The summed E-state index contributed by atoms with van der Waals surface area (Å²) in [5.74, 6) is 0.825. The van der Waals surface area contributed by atoms with Crippen LogP contribution in [0.1, 0.15) is 13.8 Å². The molecule has 6 aromatic rings. The fourth-order valence-electron chi connectivity index (χ4n) is 4.73. The van der Waals surface area contributed by atoms with Gasteiger partial charge in [0.1, 0.15) is 12.4 Å². The number of ether oxygens (including phenoxy) is 2. The van der Waals surface area contributed by atoms with Crippen molar-refractivity contribution in [1.29, 1.82) is 0 Å². The predicted octanol–water partition coefficient (Wildman–Crippen LogP) is 7.79. The number of anilines is 11. The Hall–Kier alpha value is -7.88. The van der Waals surface area contributed by atoms with Crippen LogP contribution in [-0.2, 0) is 14.3 Å². The van der Waals surface area contributed by atoms with E-state index in [1.54, 1.807) is 38.1 Å². The lowest BCUT2D eigenvalue weighted by molar-refractivity contribution is -0.138. The van der Waals surface area contributed by atoms with E-state index in [0.29, 0.717) is 28.4 Å². The Morgan fingerprint density at radius 3 is 1.36 bits per heavy atom. The van der Waals surface area contributed by atoms with Gasteiger partial charge in [0, 0.05) is 45.6 Å². The number of aromatic nitrogens is 6. The van der Waals surface area contributed by atoms with Gasteiger partial charge in [-0.05, 0) is 68.4 Å². The second-order valence-electron chi connectivity index (χ2n) is 12.1. The predicted molar refractivity (Wildman–Crippen MR) is 217 cm³/mol. The molecular weight excluding hydrogens is 713 g/mol. The van der Waals surface area contributed by atoms with E-state index in [1.165, 1.54) is 0 Å². The molecule has 16 nitrogen and oxygen atoms in total. The summed E-state index contributed by atoms with van der Waals surface area (Å²) in [4.78, 5) is 51.3. The number of nitrogens with one attached hydrogen (secondary N) is 6. The molecule has 0 atom stereocenters. The van der Waals surface area contributed by atoms with Crippen molar-refractivity contribution >= 4 is 76.1 Å². The average Bonchev–Trinajstić information content (AvgIpc) is 3.17. The molecule has 4 aromatic carbocycles. The standard InChI is InChI=1S/C40H38N12O4/c1-25(2)33(53)55-22-21-41-35-47-36(42-27-13-7-5-8-14-27)49-38(48-35)44-29-17-11-18-30(23-29)45-39-50-37(43-28-15-9-6-10-16-28)51-40(52-39)46-31-19-12-20-32(24-31)56-34(54)26(3)4/h5-20,23-24H,1,3,21-22H2,2,4H3,(H3,41,42,44,47,48,49)(H3,43,45,46,50,51,52). The maximum Gasteiger partial charge on any atom is 0.338 e. The minimum atomic E-state index is -0.532. The molecule has 56 heavy (non-hydrogen) atoms. The van der Waals surface area contributed by atoms with Gasteiger partial charge in [-0.1, -0.05) is 61.7 Å². The first-order chi connectivity index (χ1) is 27.1. The number of esters is 2. The van der Waals surface area contributed by atoms with Gasteiger partial charge in [0.05, 0.1) is 6.54 Å². The highest BCUT2D eigenvalue weighted by Crippen LogP contribution is 2.26. The maximum absolute atomic E-state index is 12.1. The Balaban J connectivity index is 1.22. The summed E-state index contributed by atoms with van der Waals surface area (Å²) in [5.41, 5.74) is 4.00. The van der Waals surface area contributed by atoms with Crippen molar-refractivity contribution in [3.63, 3.8) is 0 Å². The van der Waals surface area contributed by atoms with Gasteiger partial charge < -0.3 is 41.4 Å². The first-order valence-corrected chi connectivity index (χ1v) is 17.3. The number of rotatable bonds is 17. The van der Waals surface area contributed by atoms with Crippen molar-refractivity contribution in [3.05, 3.63) is 133 Å². The molecule has 282 valence electrons. The Bertz CT molecular complexity index is 2340. The highest BCUT2D eigenvalue weighted by molar-refractivity contribution is 5.89. The third-order valence-corrected chi connectivity index (χ3v) is 7.32. The van der Waals surface area contributed by atoms with E-state index < -0.39 is 11.9 Å². The number of hydrogen-bond donors (Lipinski definition) is 6. The fraction of sp³-hybridized carbons (Fsp3) is 0.100. The Labute approximate surface area is 322 Å². The van der Waals surface area contributed by atoms with Crippen LogP contribution in [0.2, 0.25) is 0 Å². The molecule has 0 aliphatic carbocycles. The average molecular weight is 751 g/mol. The molecule has 0 aliphatic heterocycles. The lowest BCUT2D eigenvalue weighted by Gasteiger charge is -2.13. The second-order valence-corrected chi connectivity index (χ2v) is 12.1. The zero-order chi connectivity index (χ0) is 39.3. The zero-order valence-electron chi connectivity index (χ0n) is 30.5. The van der Waals surface area contributed by atoms with E-state index in [4.69, 9.17) is 9.47 Å².